The van der Waals surface area contributed by atoms with E-state index in [9.17, 15) is 4.39 Å². The molecule has 0 aliphatic rings. The number of benzene rings is 2. The molecule has 0 atom stereocenters. The maximum Gasteiger partial charge on any atom is 0.187 e. The summed E-state index contributed by atoms with van der Waals surface area (Å²) in [7, 11) is 0. The van der Waals surface area contributed by atoms with Crippen LogP contribution in [0.2, 0.25) is 0 Å². The summed E-state index contributed by atoms with van der Waals surface area (Å²) in [6.07, 6.45) is 0. The Morgan fingerprint density at radius 1 is 1.08 bits per heavy atom. The fraction of sp³-hybridized carbons (Fsp3) is 0.250. The van der Waals surface area contributed by atoms with Crippen molar-refractivity contribution in [1.29, 1.82) is 0 Å². The van der Waals surface area contributed by atoms with E-state index in [-0.39, 0.29) is 5.82 Å². The second kappa shape index (κ2) is 7.66. The van der Waals surface area contributed by atoms with Crippen LogP contribution < -0.4 is 10.2 Å². The zero-order valence-electron chi connectivity index (χ0n) is 14.7. The van der Waals surface area contributed by atoms with Gasteiger partial charge in [-0.3, -0.25) is 0 Å². The number of aryl methyl sites for hydroxylation is 1. The molecule has 3 rings (SSSR count). The van der Waals surface area contributed by atoms with Gasteiger partial charge in [-0.2, -0.15) is 0 Å². The molecule has 0 aliphatic heterocycles. The average molecular weight is 355 g/mol. The van der Waals surface area contributed by atoms with Gasteiger partial charge in [0, 0.05) is 35.4 Å². The van der Waals surface area contributed by atoms with Crippen LogP contribution in [-0.2, 0) is 0 Å². The Morgan fingerprint density at radius 3 is 2.48 bits per heavy atom. The molecule has 0 unspecified atom stereocenters. The quantitative estimate of drug-likeness (QED) is 0.601. The van der Waals surface area contributed by atoms with Crippen LogP contribution >= 0.6 is 11.3 Å². The van der Waals surface area contributed by atoms with Crippen LogP contribution in [0.25, 0.3) is 11.3 Å². The van der Waals surface area contributed by atoms with E-state index in [4.69, 9.17) is 0 Å². The Balaban J connectivity index is 1.78. The van der Waals surface area contributed by atoms with Gasteiger partial charge in [0.1, 0.15) is 5.82 Å². The normalized spacial score (nSPS) is 10.7. The van der Waals surface area contributed by atoms with Crippen molar-refractivity contribution < 1.29 is 4.39 Å². The first-order valence-corrected chi connectivity index (χ1v) is 9.32. The average Bonchev–Trinajstić information content (AvgIpc) is 3.08. The summed E-state index contributed by atoms with van der Waals surface area (Å²) < 4.78 is 13.4. The fourth-order valence-electron chi connectivity index (χ4n) is 2.74. The number of halogens is 1. The minimum atomic E-state index is -0.253. The number of nitrogens with one attached hydrogen (secondary N) is 1. The lowest BCUT2D eigenvalue weighted by molar-refractivity contribution is 0.628. The Hall–Kier alpha value is -2.40. The van der Waals surface area contributed by atoms with Crippen molar-refractivity contribution >= 4 is 27.8 Å². The largest absolute Gasteiger partial charge is 0.372 e. The van der Waals surface area contributed by atoms with Gasteiger partial charge < -0.3 is 10.2 Å². The topological polar surface area (TPSA) is 28.2 Å². The van der Waals surface area contributed by atoms with Crippen molar-refractivity contribution in [2.75, 3.05) is 23.3 Å². The number of hydrogen-bond donors (Lipinski definition) is 1. The predicted octanol–water partition coefficient (Wildman–Crippen LogP) is 5.85. The molecule has 1 aromatic heterocycles. The van der Waals surface area contributed by atoms with E-state index in [1.807, 2.05) is 12.3 Å². The lowest BCUT2D eigenvalue weighted by Gasteiger charge is -2.20. The number of nitrogens with zero attached hydrogens (tertiary/aromatic N) is 2. The van der Waals surface area contributed by atoms with E-state index in [1.54, 1.807) is 6.07 Å². The molecular formula is C20H22FN3S. The predicted molar refractivity (Wildman–Crippen MR) is 106 cm³/mol. The molecule has 2 aromatic carbocycles. The molecule has 0 amide bonds. The molecule has 0 spiro atoms. The molecule has 3 aromatic rings. The van der Waals surface area contributed by atoms with Crippen LogP contribution in [-0.4, -0.2) is 18.1 Å². The third kappa shape index (κ3) is 3.99. The molecule has 1 N–H and O–H groups in total. The first-order chi connectivity index (χ1) is 12.1. The smallest absolute Gasteiger partial charge is 0.187 e. The SMILES string of the molecule is CCN(CC)c1ccc(-c2csc(Nc3cc(F)ccc3C)n2)cc1. The second-order valence-corrected chi connectivity index (χ2v) is 6.70. The van der Waals surface area contributed by atoms with Crippen molar-refractivity contribution in [3.05, 3.63) is 59.2 Å². The van der Waals surface area contributed by atoms with Gasteiger partial charge in [-0.15, -0.1) is 11.3 Å². The van der Waals surface area contributed by atoms with Crippen molar-refractivity contribution in [2.45, 2.75) is 20.8 Å². The van der Waals surface area contributed by atoms with Gasteiger partial charge in [-0.1, -0.05) is 18.2 Å². The number of anilines is 3. The summed E-state index contributed by atoms with van der Waals surface area (Å²) in [6.45, 7) is 8.25. The minimum Gasteiger partial charge on any atom is -0.372 e. The molecule has 0 saturated heterocycles. The summed E-state index contributed by atoms with van der Waals surface area (Å²) in [5.41, 5.74) is 4.96. The Bertz CT molecular complexity index is 838. The van der Waals surface area contributed by atoms with Gasteiger partial charge in [-0.25, -0.2) is 9.37 Å². The highest BCUT2D eigenvalue weighted by atomic mass is 32.1. The molecule has 25 heavy (non-hydrogen) atoms. The minimum absolute atomic E-state index is 0.253. The van der Waals surface area contributed by atoms with Gasteiger partial charge >= 0.3 is 0 Å². The van der Waals surface area contributed by atoms with Gasteiger partial charge in [0.15, 0.2) is 5.13 Å². The van der Waals surface area contributed by atoms with Crippen LogP contribution in [0.1, 0.15) is 19.4 Å². The van der Waals surface area contributed by atoms with Crippen LogP contribution in [0.3, 0.4) is 0 Å². The van der Waals surface area contributed by atoms with Crippen molar-refractivity contribution in [3.63, 3.8) is 0 Å². The van der Waals surface area contributed by atoms with Crippen LogP contribution in [0.4, 0.5) is 20.9 Å². The molecule has 0 radical (unpaired) electrons. The van der Waals surface area contributed by atoms with E-state index in [0.29, 0.717) is 0 Å². The highest BCUT2D eigenvalue weighted by Gasteiger charge is 2.08. The van der Waals surface area contributed by atoms with Crippen molar-refractivity contribution in [3.8, 4) is 11.3 Å². The van der Waals surface area contributed by atoms with E-state index in [0.717, 1.165) is 40.7 Å². The summed E-state index contributed by atoms with van der Waals surface area (Å²) in [6, 6.07) is 13.2. The van der Waals surface area contributed by atoms with E-state index >= 15 is 0 Å². The molecule has 5 heteroatoms. The lowest BCUT2D eigenvalue weighted by Crippen LogP contribution is -2.21. The summed E-state index contributed by atoms with van der Waals surface area (Å²) in [5, 5.41) is 5.99. The Labute approximate surface area is 152 Å². The van der Waals surface area contributed by atoms with E-state index < -0.39 is 0 Å². The highest BCUT2D eigenvalue weighted by Crippen LogP contribution is 2.29. The van der Waals surface area contributed by atoms with Gasteiger partial charge in [0.05, 0.1) is 5.69 Å². The third-order valence-corrected chi connectivity index (χ3v) is 4.99. The fourth-order valence-corrected chi connectivity index (χ4v) is 3.47. The lowest BCUT2D eigenvalue weighted by atomic mass is 10.1. The highest BCUT2D eigenvalue weighted by molar-refractivity contribution is 7.14. The van der Waals surface area contributed by atoms with Crippen molar-refractivity contribution in [2.24, 2.45) is 0 Å². The van der Waals surface area contributed by atoms with Crippen LogP contribution in [0.15, 0.2) is 47.8 Å². The molecule has 3 nitrogen and oxygen atoms in total. The van der Waals surface area contributed by atoms with Crippen LogP contribution in [0, 0.1) is 12.7 Å². The van der Waals surface area contributed by atoms with Gasteiger partial charge in [0.2, 0.25) is 0 Å². The summed E-state index contributed by atoms with van der Waals surface area (Å²) in [4.78, 5) is 6.94. The molecule has 1 heterocycles. The first kappa shape index (κ1) is 17.4. The van der Waals surface area contributed by atoms with Gasteiger partial charge in [-0.05, 0) is 50.6 Å². The molecule has 0 fully saturated rings. The molecule has 130 valence electrons. The van der Waals surface area contributed by atoms with E-state index in [1.165, 1.54) is 29.2 Å². The van der Waals surface area contributed by atoms with Crippen LogP contribution in [0.5, 0.6) is 0 Å². The molecule has 0 saturated carbocycles. The molecular weight excluding hydrogens is 333 g/mol. The van der Waals surface area contributed by atoms with Gasteiger partial charge in [0.25, 0.3) is 0 Å². The summed E-state index contributed by atoms with van der Waals surface area (Å²) in [5.74, 6) is -0.253. The molecule has 0 bridgehead atoms. The standard InChI is InChI=1S/C20H22FN3S/c1-4-24(5-2)17-10-7-15(8-11-17)19-13-25-20(23-19)22-18-12-16(21)9-6-14(18)3/h6-13H,4-5H2,1-3H3,(H,22,23). The number of rotatable bonds is 6. The zero-order chi connectivity index (χ0) is 17.8. The summed E-state index contributed by atoms with van der Waals surface area (Å²) >= 11 is 1.52. The maximum atomic E-state index is 13.4. The third-order valence-electron chi connectivity index (χ3n) is 4.24. The zero-order valence-corrected chi connectivity index (χ0v) is 15.5. The monoisotopic (exact) mass is 355 g/mol. The number of hydrogen-bond acceptors (Lipinski definition) is 4. The van der Waals surface area contributed by atoms with E-state index in [2.05, 4.69) is 53.3 Å². The first-order valence-electron chi connectivity index (χ1n) is 8.44. The Kier molecular flexibility index (Phi) is 5.34. The number of thiazole rings is 1. The molecule has 0 aliphatic carbocycles. The van der Waals surface area contributed by atoms with Crippen molar-refractivity contribution in [1.82, 2.24) is 4.98 Å². The number of aromatic nitrogens is 1. The Morgan fingerprint density at radius 2 is 1.80 bits per heavy atom. The maximum absolute atomic E-state index is 13.4. The second-order valence-electron chi connectivity index (χ2n) is 5.84.